The minimum absolute atomic E-state index is 0.171. The Balaban J connectivity index is 1.44. The molecule has 2 amide bonds. The molecule has 192 valence electrons. The Hall–Kier alpha value is -2.97. The number of rotatable bonds is 3. The highest BCUT2D eigenvalue weighted by Gasteiger charge is 2.77. The summed E-state index contributed by atoms with van der Waals surface area (Å²) in [6, 6.07) is 4.24. The summed E-state index contributed by atoms with van der Waals surface area (Å²) < 4.78 is 52.5. The van der Waals surface area contributed by atoms with Gasteiger partial charge < -0.3 is 14.4 Å². The van der Waals surface area contributed by atoms with Gasteiger partial charge in [-0.15, -0.1) is 0 Å². The first-order valence-corrected chi connectivity index (χ1v) is 11.9. The molecule has 4 fully saturated rings. The van der Waals surface area contributed by atoms with Crippen molar-refractivity contribution in [2.75, 3.05) is 25.0 Å². The Kier molecular flexibility index (Phi) is 5.50. The lowest BCUT2D eigenvalue weighted by Gasteiger charge is -2.35. The third-order valence-electron chi connectivity index (χ3n) is 8.26. The van der Waals surface area contributed by atoms with Crippen LogP contribution in [0.15, 0.2) is 18.2 Å². The molecule has 1 aromatic rings. The number of alkyl halides is 3. The summed E-state index contributed by atoms with van der Waals surface area (Å²) >= 11 is 0. The maximum Gasteiger partial charge on any atom is 0.417 e. The number of fused-ring (bicyclic) bond motifs is 5. The predicted octanol–water partition coefficient (Wildman–Crippen LogP) is 2.89. The van der Waals surface area contributed by atoms with E-state index in [1.165, 1.54) is 6.07 Å². The topological polar surface area (TPSA) is 99.9 Å². The second kappa shape index (κ2) is 8.02. The van der Waals surface area contributed by atoms with E-state index in [2.05, 4.69) is 4.90 Å². The maximum atomic E-state index is 13.6. The lowest BCUT2D eigenvalue weighted by molar-refractivity contribution is -0.163. The molecule has 0 spiro atoms. The molecule has 5 rings (SSSR count). The lowest BCUT2D eigenvalue weighted by Crippen LogP contribution is -2.50. The molecule has 4 heterocycles. The minimum Gasteiger partial charge on any atom is -0.462 e. The smallest absolute Gasteiger partial charge is 0.417 e. The van der Waals surface area contributed by atoms with Crippen LogP contribution in [0.25, 0.3) is 0 Å². The highest BCUT2D eigenvalue weighted by atomic mass is 19.4. The molecule has 0 saturated carbocycles. The molecular formula is C25H26F3N3O5. The molecule has 0 unspecified atom stereocenters. The zero-order valence-corrected chi connectivity index (χ0v) is 20.1. The van der Waals surface area contributed by atoms with Crippen LogP contribution < -0.4 is 4.90 Å². The summed E-state index contributed by atoms with van der Waals surface area (Å²) in [5.74, 6) is -4.63. The number of piperidine rings is 1. The van der Waals surface area contributed by atoms with E-state index in [4.69, 9.17) is 14.7 Å². The summed E-state index contributed by atoms with van der Waals surface area (Å²) in [5, 5.41) is 9.07. The van der Waals surface area contributed by atoms with Crippen LogP contribution >= 0.6 is 0 Å². The summed E-state index contributed by atoms with van der Waals surface area (Å²) in [6.45, 7) is 4.86. The number of carbonyl (C=O) groups excluding carboxylic acids is 3. The molecule has 1 aromatic carbocycles. The van der Waals surface area contributed by atoms with E-state index in [0.717, 1.165) is 30.1 Å². The average molecular weight is 505 g/mol. The molecule has 0 aliphatic carbocycles. The number of hydrogen-bond acceptors (Lipinski definition) is 7. The number of nitriles is 1. The second-order valence-corrected chi connectivity index (χ2v) is 10.6. The molecule has 4 saturated heterocycles. The van der Waals surface area contributed by atoms with Crippen molar-refractivity contribution in [1.29, 1.82) is 5.26 Å². The van der Waals surface area contributed by atoms with Crippen LogP contribution in [0.3, 0.4) is 0 Å². The largest absolute Gasteiger partial charge is 0.462 e. The van der Waals surface area contributed by atoms with Gasteiger partial charge in [0.2, 0.25) is 11.8 Å². The first-order valence-electron chi connectivity index (χ1n) is 11.9. The molecule has 0 N–H and O–H groups in total. The number of halogens is 3. The zero-order chi connectivity index (χ0) is 26.2. The SMILES string of the molecule is CN1CCC(OC(=O)[C@H]2C[C@@]3(C)O[C@@]2(C)[C@H]2C(=O)N(c4ccc(C#N)c(C(F)(F)F)c4)C(=O)[C@H]23)CC1. The van der Waals surface area contributed by atoms with Crippen LogP contribution in [0.4, 0.5) is 18.9 Å². The molecule has 4 aliphatic heterocycles. The Labute approximate surface area is 205 Å². The van der Waals surface area contributed by atoms with Gasteiger partial charge in [0.1, 0.15) is 6.10 Å². The van der Waals surface area contributed by atoms with Crippen LogP contribution in [0.2, 0.25) is 0 Å². The number of imide groups is 1. The van der Waals surface area contributed by atoms with Crippen molar-refractivity contribution in [2.24, 2.45) is 17.8 Å². The highest BCUT2D eigenvalue weighted by molar-refractivity contribution is 6.23. The first kappa shape index (κ1) is 24.7. The van der Waals surface area contributed by atoms with Crippen molar-refractivity contribution in [3.63, 3.8) is 0 Å². The zero-order valence-electron chi connectivity index (χ0n) is 20.1. The van der Waals surface area contributed by atoms with Gasteiger partial charge >= 0.3 is 12.1 Å². The average Bonchev–Trinajstić information content (AvgIpc) is 3.35. The minimum atomic E-state index is -4.84. The molecule has 8 nitrogen and oxygen atoms in total. The number of ether oxygens (including phenoxy) is 2. The second-order valence-electron chi connectivity index (χ2n) is 10.6. The van der Waals surface area contributed by atoms with Crippen LogP contribution in [0.1, 0.15) is 44.2 Å². The molecular weight excluding hydrogens is 479 g/mol. The van der Waals surface area contributed by atoms with Gasteiger partial charge in [-0.2, -0.15) is 18.4 Å². The Morgan fingerprint density at radius 1 is 1.17 bits per heavy atom. The van der Waals surface area contributed by atoms with Gasteiger partial charge in [-0.25, -0.2) is 4.90 Å². The van der Waals surface area contributed by atoms with Crippen LogP contribution in [-0.2, 0) is 30.0 Å². The Morgan fingerprint density at radius 2 is 1.81 bits per heavy atom. The Bertz CT molecular complexity index is 1190. The van der Waals surface area contributed by atoms with Crippen LogP contribution in [-0.4, -0.2) is 60.1 Å². The molecule has 4 aliphatic rings. The van der Waals surface area contributed by atoms with Crippen molar-refractivity contribution in [2.45, 2.75) is 56.6 Å². The standard InChI is InChI=1S/C25H26F3N3O5/c1-23-11-17(22(34)35-15-6-8-30(3)9-7-15)24(2,36-23)19-18(23)20(32)31(21(19)33)14-5-4-13(12-29)16(10-14)25(26,27)28/h4-5,10,15,17-19H,6-9,11H2,1-3H3/t17-,18+,19-,23-,24-/m1/s1. The fourth-order valence-corrected chi connectivity index (χ4v) is 6.48. The van der Waals surface area contributed by atoms with Crippen molar-refractivity contribution in [3.05, 3.63) is 29.3 Å². The number of hydrogen-bond donors (Lipinski definition) is 0. The lowest BCUT2D eigenvalue weighted by atomic mass is 9.64. The molecule has 0 radical (unpaired) electrons. The van der Waals surface area contributed by atoms with Crippen molar-refractivity contribution in [1.82, 2.24) is 4.90 Å². The number of nitrogens with zero attached hydrogens (tertiary/aromatic N) is 3. The maximum absolute atomic E-state index is 13.6. The third kappa shape index (κ3) is 3.53. The van der Waals surface area contributed by atoms with Crippen LogP contribution in [0, 0.1) is 29.1 Å². The predicted molar refractivity (Wildman–Crippen MR) is 118 cm³/mol. The number of benzene rings is 1. The van der Waals surface area contributed by atoms with E-state index < -0.39 is 64.0 Å². The molecule has 2 bridgehead atoms. The summed E-state index contributed by atoms with van der Waals surface area (Å²) in [4.78, 5) is 43.1. The molecule has 5 atom stereocenters. The fourth-order valence-electron chi connectivity index (χ4n) is 6.48. The van der Waals surface area contributed by atoms with Gasteiger partial charge in [-0.05, 0) is 58.4 Å². The number of amides is 2. The van der Waals surface area contributed by atoms with E-state index in [9.17, 15) is 27.6 Å². The number of esters is 1. The number of anilines is 1. The van der Waals surface area contributed by atoms with E-state index in [1.54, 1.807) is 13.8 Å². The molecule has 36 heavy (non-hydrogen) atoms. The third-order valence-corrected chi connectivity index (χ3v) is 8.26. The van der Waals surface area contributed by atoms with Gasteiger partial charge in [0.15, 0.2) is 0 Å². The normalized spacial score (nSPS) is 34.7. The van der Waals surface area contributed by atoms with Gasteiger partial charge in [0.05, 0.1) is 51.8 Å². The van der Waals surface area contributed by atoms with Crippen LogP contribution in [0.5, 0.6) is 0 Å². The van der Waals surface area contributed by atoms with Gasteiger partial charge in [-0.3, -0.25) is 14.4 Å². The van der Waals surface area contributed by atoms with Gasteiger partial charge in [0.25, 0.3) is 0 Å². The number of likely N-dealkylation sites (tertiary alicyclic amines) is 1. The number of carbonyl (C=O) groups is 3. The molecule has 0 aromatic heterocycles. The van der Waals surface area contributed by atoms with E-state index in [0.29, 0.717) is 18.9 Å². The van der Waals surface area contributed by atoms with E-state index in [1.807, 2.05) is 7.05 Å². The van der Waals surface area contributed by atoms with Gasteiger partial charge in [-0.1, -0.05) is 0 Å². The summed E-state index contributed by atoms with van der Waals surface area (Å²) in [6.07, 6.45) is -3.52. The summed E-state index contributed by atoms with van der Waals surface area (Å²) in [5.41, 5.74) is -4.57. The fraction of sp³-hybridized carbons (Fsp3) is 0.600. The monoisotopic (exact) mass is 505 g/mol. The highest BCUT2D eigenvalue weighted by Crippen LogP contribution is 2.63. The quantitative estimate of drug-likeness (QED) is 0.460. The van der Waals surface area contributed by atoms with E-state index >= 15 is 0 Å². The van der Waals surface area contributed by atoms with Crippen molar-refractivity contribution < 1.29 is 37.0 Å². The Morgan fingerprint density at radius 3 is 2.42 bits per heavy atom. The van der Waals surface area contributed by atoms with Crippen molar-refractivity contribution >= 4 is 23.5 Å². The van der Waals surface area contributed by atoms with Gasteiger partial charge in [0, 0.05) is 13.1 Å². The van der Waals surface area contributed by atoms with E-state index in [-0.39, 0.29) is 18.2 Å². The summed E-state index contributed by atoms with van der Waals surface area (Å²) in [7, 11) is 1.99. The van der Waals surface area contributed by atoms with Crippen molar-refractivity contribution in [3.8, 4) is 6.07 Å². The first-order chi connectivity index (χ1) is 16.8. The molecule has 11 heteroatoms.